The van der Waals surface area contributed by atoms with Crippen molar-refractivity contribution in [2.75, 3.05) is 10.8 Å². The quantitative estimate of drug-likeness (QED) is 0.167. The number of benzene rings is 4. The Kier molecular flexibility index (Phi) is 11.7. The number of hydrogen-bond acceptors (Lipinski definition) is 4. The van der Waals surface area contributed by atoms with E-state index in [-0.39, 0.29) is 29.8 Å². The number of carbonyl (C=O) groups is 2. The fraction of sp³-hybridized carbons (Fsp3) is 0.297. The van der Waals surface area contributed by atoms with Gasteiger partial charge in [0, 0.05) is 24.0 Å². The van der Waals surface area contributed by atoms with E-state index in [1.165, 1.54) is 17.0 Å². The van der Waals surface area contributed by atoms with Crippen molar-refractivity contribution >= 4 is 39.1 Å². The van der Waals surface area contributed by atoms with Crippen LogP contribution in [0.25, 0.3) is 0 Å². The summed E-state index contributed by atoms with van der Waals surface area (Å²) in [6, 6.07) is 27.7. The fourth-order valence-corrected chi connectivity index (χ4v) is 6.82. The molecule has 0 aromatic heterocycles. The number of sulfonamides is 1. The van der Waals surface area contributed by atoms with Crippen molar-refractivity contribution in [2.24, 2.45) is 0 Å². The second kappa shape index (κ2) is 15.4. The summed E-state index contributed by atoms with van der Waals surface area (Å²) in [7, 11) is -4.22. The van der Waals surface area contributed by atoms with E-state index in [1.807, 2.05) is 82.3 Å². The molecule has 4 aromatic carbocycles. The van der Waals surface area contributed by atoms with Gasteiger partial charge in [-0.2, -0.15) is 0 Å². The Balaban J connectivity index is 1.85. The number of amides is 2. The molecule has 7 nitrogen and oxygen atoms in total. The molecule has 242 valence electrons. The summed E-state index contributed by atoms with van der Waals surface area (Å²) in [5.74, 6) is -0.814. The molecule has 0 heterocycles. The molecule has 0 bridgehead atoms. The summed E-state index contributed by atoms with van der Waals surface area (Å²) in [6.07, 6.45) is 0.966. The molecular formula is C37H42ClN3O4S. The van der Waals surface area contributed by atoms with Crippen molar-refractivity contribution in [3.63, 3.8) is 0 Å². The Labute approximate surface area is 278 Å². The van der Waals surface area contributed by atoms with E-state index in [9.17, 15) is 18.0 Å². The van der Waals surface area contributed by atoms with Crippen LogP contribution in [-0.2, 0) is 32.6 Å². The number of carbonyl (C=O) groups excluding carboxylic acids is 2. The Morgan fingerprint density at radius 3 is 2.15 bits per heavy atom. The van der Waals surface area contributed by atoms with Crippen molar-refractivity contribution in [1.29, 1.82) is 0 Å². The van der Waals surface area contributed by atoms with Gasteiger partial charge in [0.1, 0.15) is 12.6 Å². The minimum Gasteiger partial charge on any atom is -0.352 e. The molecule has 1 N–H and O–H groups in total. The van der Waals surface area contributed by atoms with Crippen LogP contribution in [0.5, 0.6) is 0 Å². The van der Waals surface area contributed by atoms with Gasteiger partial charge >= 0.3 is 0 Å². The van der Waals surface area contributed by atoms with Gasteiger partial charge in [-0.15, -0.1) is 0 Å². The van der Waals surface area contributed by atoms with Crippen LogP contribution in [-0.4, -0.2) is 43.8 Å². The molecule has 46 heavy (non-hydrogen) atoms. The first kappa shape index (κ1) is 34.7. The van der Waals surface area contributed by atoms with E-state index >= 15 is 0 Å². The first-order valence-corrected chi connectivity index (χ1v) is 17.3. The molecule has 4 aromatic rings. The lowest BCUT2D eigenvalue weighted by molar-refractivity contribution is -0.140. The Hall–Kier alpha value is -4.14. The molecule has 9 heteroatoms. The van der Waals surface area contributed by atoms with Gasteiger partial charge in [-0.3, -0.25) is 13.9 Å². The van der Waals surface area contributed by atoms with Crippen molar-refractivity contribution in [1.82, 2.24) is 10.2 Å². The first-order valence-electron chi connectivity index (χ1n) is 15.4. The van der Waals surface area contributed by atoms with Gasteiger partial charge in [0.15, 0.2) is 0 Å². The average Bonchev–Trinajstić information content (AvgIpc) is 3.04. The van der Waals surface area contributed by atoms with E-state index < -0.39 is 28.5 Å². The molecule has 0 saturated carbocycles. The van der Waals surface area contributed by atoms with Crippen molar-refractivity contribution < 1.29 is 18.0 Å². The third-order valence-electron chi connectivity index (χ3n) is 8.27. The topological polar surface area (TPSA) is 86.8 Å². The second-order valence-corrected chi connectivity index (χ2v) is 13.9. The van der Waals surface area contributed by atoms with Gasteiger partial charge in [0.05, 0.1) is 10.6 Å². The van der Waals surface area contributed by atoms with Crippen molar-refractivity contribution in [3.8, 4) is 0 Å². The van der Waals surface area contributed by atoms with Crippen LogP contribution in [0.2, 0.25) is 5.02 Å². The monoisotopic (exact) mass is 659 g/mol. The normalized spacial score (nSPS) is 12.7. The summed E-state index contributed by atoms with van der Waals surface area (Å²) in [6.45, 7) is 9.03. The van der Waals surface area contributed by atoms with Crippen LogP contribution in [0.3, 0.4) is 0 Å². The molecule has 0 aliphatic carbocycles. The zero-order chi connectivity index (χ0) is 33.4. The largest absolute Gasteiger partial charge is 0.352 e. The number of nitrogens with one attached hydrogen (secondary N) is 1. The SMILES string of the molecule is CC[C@H](C)NC(=O)[C@@H](Cc1ccccc1)N(Cc1ccccc1C)C(=O)CN(c1cccc(Cl)c1C)S(=O)(=O)c1ccc(C)cc1. The van der Waals surface area contributed by atoms with Crippen molar-refractivity contribution in [3.05, 3.63) is 130 Å². The lowest BCUT2D eigenvalue weighted by Gasteiger charge is -2.35. The maximum Gasteiger partial charge on any atom is 0.264 e. The lowest BCUT2D eigenvalue weighted by atomic mass is 10.0. The minimum absolute atomic E-state index is 0.0473. The standard InChI is InChI=1S/C37H42ClN3O4S/c1-6-28(4)39-37(43)35(23-30-14-8-7-9-15-30)40(24-31-16-11-10-13-27(31)3)36(42)25-41(34-18-12-17-33(38)29(34)5)46(44,45)32-21-19-26(2)20-22-32/h7-22,28,35H,6,23-25H2,1-5H3,(H,39,43)/t28-,35+/m0/s1. The molecule has 0 saturated heterocycles. The maximum atomic E-state index is 14.7. The number of aryl methyl sites for hydroxylation is 2. The van der Waals surface area contributed by atoms with Crippen LogP contribution in [0.1, 0.15) is 48.1 Å². The number of hydrogen-bond donors (Lipinski definition) is 1. The van der Waals surface area contributed by atoms with Gasteiger partial charge in [-0.05, 0) is 80.6 Å². The summed E-state index contributed by atoms with van der Waals surface area (Å²) in [5, 5.41) is 3.44. The van der Waals surface area contributed by atoms with Gasteiger partial charge in [-0.25, -0.2) is 8.42 Å². The van der Waals surface area contributed by atoms with E-state index in [1.54, 1.807) is 37.3 Å². The van der Waals surface area contributed by atoms with Crippen LogP contribution in [0, 0.1) is 20.8 Å². The third kappa shape index (κ3) is 8.36. The lowest BCUT2D eigenvalue weighted by Crippen LogP contribution is -2.54. The van der Waals surface area contributed by atoms with Crippen LogP contribution in [0.15, 0.2) is 102 Å². The van der Waals surface area contributed by atoms with Gasteiger partial charge in [-0.1, -0.05) is 96.9 Å². The summed E-state index contributed by atoms with van der Waals surface area (Å²) in [4.78, 5) is 30.2. The molecule has 4 rings (SSSR count). The molecule has 0 aliphatic heterocycles. The highest BCUT2D eigenvalue weighted by atomic mass is 35.5. The van der Waals surface area contributed by atoms with E-state index in [4.69, 9.17) is 11.6 Å². The number of rotatable bonds is 13. The Morgan fingerprint density at radius 1 is 0.848 bits per heavy atom. The highest BCUT2D eigenvalue weighted by molar-refractivity contribution is 7.92. The highest BCUT2D eigenvalue weighted by Crippen LogP contribution is 2.31. The predicted octanol–water partition coefficient (Wildman–Crippen LogP) is 7.02. The molecule has 0 aliphatic rings. The second-order valence-electron chi connectivity index (χ2n) is 11.7. The van der Waals surface area contributed by atoms with Crippen molar-refractivity contribution in [2.45, 2.75) is 71.0 Å². The molecular weight excluding hydrogens is 618 g/mol. The third-order valence-corrected chi connectivity index (χ3v) is 10.5. The minimum atomic E-state index is -4.22. The first-order chi connectivity index (χ1) is 21.9. The van der Waals surface area contributed by atoms with Gasteiger partial charge in [0.25, 0.3) is 10.0 Å². The number of nitrogens with zero attached hydrogens (tertiary/aromatic N) is 2. The molecule has 2 amide bonds. The fourth-order valence-electron chi connectivity index (χ4n) is 5.18. The molecule has 0 fully saturated rings. The molecule has 0 spiro atoms. The van der Waals surface area contributed by atoms with Gasteiger partial charge in [0.2, 0.25) is 11.8 Å². The predicted molar refractivity (Wildman–Crippen MR) is 185 cm³/mol. The maximum absolute atomic E-state index is 14.7. The van der Waals surface area contributed by atoms with Crippen LogP contribution >= 0.6 is 11.6 Å². The van der Waals surface area contributed by atoms with Crippen LogP contribution in [0.4, 0.5) is 5.69 Å². The molecule has 0 radical (unpaired) electrons. The average molecular weight is 660 g/mol. The van der Waals surface area contributed by atoms with E-state index in [0.29, 0.717) is 22.7 Å². The van der Waals surface area contributed by atoms with E-state index in [0.717, 1.165) is 26.6 Å². The smallest absolute Gasteiger partial charge is 0.264 e. The zero-order valence-corrected chi connectivity index (χ0v) is 28.6. The van der Waals surface area contributed by atoms with Gasteiger partial charge < -0.3 is 10.2 Å². The van der Waals surface area contributed by atoms with E-state index in [2.05, 4.69) is 5.32 Å². The highest BCUT2D eigenvalue weighted by Gasteiger charge is 2.35. The summed E-state index contributed by atoms with van der Waals surface area (Å²) >= 11 is 6.47. The molecule has 0 unspecified atom stereocenters. The molecule has 2 atom stereocenters. The Morgan fingerprint density at radius 2 is 1.50 bits per heavy atom. The summed E-state index contributed by atoms with van der Waals surface area (Å²) < 4.78 is 29.7. The number of anilines is 1. The number of halogens is 1. The Bertz CT molecular complexity index is 1760. The zero-order valence-electron chi connectivity index (χ0n) is 27.0. The summed E-state index contributed by atoms with van der Waals surface area (Å²) in [5.41, 5.74) is 4.41. The van der Waals surface area contributed by atoms with Crippen LogP contribution < -0.4 is 9.62 Å².